The molecule has 0 saturated carbocycles. The van der Waals surface area contributed by atoms with Crippen LogP contribution in [0.5, 0.6) is 0 Å². The average molecular weight is 326 g/mol. The number of carbonyl (C=O) groups excluding carboxylic acids is 1. The van der Waals surface area contributed by atoms with Gasteiger partial charge in [0.15, 0.2) is 11.3 Å². The van der Waals surface area contributed by atoms with Gasteiger partial charge in [-0.1, -0.05) is 0 Å². The number of hydrogen-bond donors (Lipinski definition) is 0. The summed E-state index contributed by atoms with van der Waals surface area (Å²) in [5.74, 6) is 0. The van der Waals surface area contributed by atoms with E-state index in [2.05, 4.69) is 15.1 Å². The maximum Gasteiger partial charge on any atom is 0.410 e. The van der Waals surface area contributed by atoms with Crippen molar-refractivity contribution >= 4 is 18.0 Å². The molecule has 0 atom stereocenters. The smallest absolute Gasteiger partial charge is 0.410 e. The highest BCUT2D eigenvalue weighted by Crippen LogP contribution is 2.17. The molecule has 1 fully saturated rings. The van der Waals surface area contributed by atoms with Crippen LogP contribution in [-0.2, 0) is 4.74 Å². The zero-order chi connectivity index (χ0) is 17.3. The molecular formula is C16H18N6O2. The fraction of sp³-hybridized carbons (Fsp3) is 0.438. The molecule has 1 aliphatic heterocycles. The van der Waals surface area contributed by atoms with Crippen LogP contribution in [0, 0.1) is 11.3 Å². The maximum atomic E-state index is 11.8. The lowest BCUT2D eigenvalue weighted by atomic mass is 10.1. The van der Waals surface area contributed by atoms with Gasteiger partial charge in [0, 0.05) is 19.3 Å². The molecule has 0 aliphatic carbocycles. The molecule has 0 bridgehead atoms. The molecule has 2 aromatic heterocycles. The molecule has 24 heavy (non-hydrogen) atoms. The molecular weight excluding hydrogens is 308 g/mol. The van der Waals surface area contributed by atoms with Gasteiger partial charge in [-0.05, 0) is 32.9 Å². The molecule has 8 heteroatoms. The Morgan fingerprint density at radius 3 is 2.88 bits per heavy atom. The molecule has 124 valence electrons. The van der Waals surface area contributed by atoms with Gasteiger partial charge in [-0.2, -0.15) is 10.4 Å². The van der Waals surface area contributed by atoms with Crippen LogP contribution in [0.15, 0.2) is 23.3 Å². The van der Waals surface area contributed by atoms with Gasteiger partial charge in [0.05, 0.1) is 12.2 Å². The third-order valence-electron chi connectivity index (χ3n) is 3.43. The van der Waals surface area contributed by atoms with Gasteiger partial charge in [-0.3, -0.25) is 4.99 Å². The normalized spacial score (nSPS) is 15.5. The molecule has 2 aromatic rings. The van der Waals surface area contributed by atoms with Crippen molar-refractivity contribution in [1.29, 1.82) is 5.26 Å². The minimum atomic E-state index is -0.492. The van der Waals surface area contributed by atoms with Crippen LogP contribution in [0.4, 0.5) is 4.79 Å². The lowest BCUT2D eigenvalue weighted by molar-refractivity contribution is 0.00911. The first-order valence-electron chi connectivity index (χ1n) is 7.62. The lowest BCUT2D eigenvalue weighted by Gasteiger charge is -2.37. The van der Waals surface area contributed by atoms with Crippen LogP contribution in [-0.4, -0.2) is 56.5 Å². The molecule has 0 aromatic carbocycles. The number of ether oxygens (including phenoxy) is 1. The van der Waals surface area contributed by atoms with E-state index in [-0.39, 0.29) is 12.1 Å². The Bertz CT molecular complexity index is 836. The molecule has 3 heterocycles. The van der Waals surface area contributed by atoms with Crippen LogP contribution in [0.1, 0.15) is 32.2 Å². The van der Waals surface area contributed by atoms with E-state index in [4.69, 9.17) is 10.00 Å². The average Bonchev–Trinajstić information content (AvgIpc) is 2.85. The van der Waals surface area contributed by atoms with E-state index in [9.17, 15) is 4.79 Å². The number of rotatable bonds is 2. The Balaban J connectivity index is 1.60. The fourth-order valence-corrected chi connectivity index (χ4v) is 2.24. The summed E-state index contributed by atoms with van der Waals surface area (Å²) < 4.78 is 6.78. The summed E-state index contributed by atoms with van der Waals surface area (Å²) in [4.78, 5) is 22.0. The number of imidazole rings is 1. The highest BCUT2D eigenvalue weighted by Gasteiger charge is 2.33. The number of amides is 1. The zero-order valence-corrected chi connectivity index (χ0v) is 13.8. The third kappa shape index (κ3) is 3.35. The molecule has 8 nitrogen and oxygen atoms in total. The summed E-state index contributed by atoms with van der Waals surface area (Å²) in [5.41, 5.74) is 1.13. The Hall–Kier alpha value is -2.95. The van der Waals surface area contributed by atoms with E-state index in [1.54, 1.807) is 23.2 Å². The molecule has 0 radical (unpaired) electrons. The predicted octanol–water partition coefficient (Wildman–Crippen LogP) is 1.64. The van der Waals surface area contributed by atoms with Crippen molar-refractivity contribution in [3.63, 3.8) is 0 Å². The van der Waals surface area contributed by atoms with Crippen molar-refractivity contribution in [3.8, 4) is 6.07 Å². The molecule has 1 aliphatic rings. The van der Waals surface area contributed by atoms with Crippen LogP contribution in [0.25, 0.3) is 5.65 Å². The second kappa shape index (κ2) is 5.92. The Kier molecular flexibility index (Phi) is 3.93. The molecule has 1 saturated heterocycles. The standard InChI is InChI=1S/C16H18N6O2/c1-16(2,3)24-15(23)21-9-12(10-21)18-7-11-4-5-14-19-8-13(6-17)22(14)20-11/h4-5,7-8,12H,9-10H2,1-3H3/b18-7+. The highest BCUT2D eigenvalue weighted by molar-refractivity contribution is 5.77. The fourth-order valence-electron chi connectivity index (χ4n) is 2.24. The van der Waals surface area contributed by atoms with E-state index in [1.807, 2.05) is 26.8 Å². The predicted molar refractivity (Wildman–Crippen MR) is 86.9 cm³/mol. The number of aliphatic imine (C=N–C) groups is 1. The topological polar surface area (TPSA) is 95.9 Å². The molecule has 0 N–H and O–H groups in total. The quantitative estimate of drug-likeness (QED) is 0.782. The Labute approximate surface area is 139 Å². The summed E-state index contributed by atoms with van der Waals surface area (Å²) in [6.45, 7) is 6.58. The summed E-state index contributed by atoms with van der Waals surface area (Å²) in [6.07, 6.45) is 2.82. The van der Waals surface area contributed by atoms with Gasteiger partial charge < -0.3 is 9.64 Å². The van der Waals surface area contributed by atoms with Gasteiger partial charge in [0.2, 0.25) is 0 Å². The van der Waals surface area contributed by atoms with E-state index < -0.39 is 5.60 Å². The molecule has 1 amide bonds. The first-order valence-corrected chi connectivity index (χ1v) is 7.62. The first kappa shape index (κ1) is 15.9. The minimum Gasteiger partial charge on any atom is -0.444 e. The number of likely N-dealkylation sites (tertiary alicyclic amines) is 1. The van der Waals surface area contributed by atoms with Gasteiger partial charge in [0.1, 0.15) is 17.4 Å². The van der Waals surface area contributed by atoms with E-state index >= 15 is 0 Å². The van der Waals surface area contributed by atoms with Gasteiger partial charge in [-0.15, -0.1) is 0 Å². The van der Waals surface area contributed by atoms with Crippen molar-refractivity contribution in [2.75, 3.05) is 13.1 Å². The molecule has 0 unspecified atom stereocenters. The number of carbonyl (C=O) groups is 1. The molecule has 0 spiro atoms. The number of fused-ring (bicyclic) bond motifs is 1. The summed E-state index contributed by atoms with van der Waals surface area (Å²) in [6, 6.07) is 5.64. The van der Waals surface area contributed by atoms with E-state index in [0.717, 1.165) is 0 Å². The van der Waals surface area contributed by atoms with E-state index in [1.165, 1.54) is 10.7 Å². The van der Waals surface area contributed by atoms with Crippen LogP contribution in [0.3, 0.4) is 0 Å². The third-order valence-corrected chi connectivity index (χ3v) is 3.43. The Morgan fingerprint density at radius 2 is 2.21 bits per heavy atom. The monoisotopic (exact) mass is 326 g/mol. The van der Waals surface area contributed by atoms with Gasteiger partial charge in [0.25, 0.3) is 0 Å². The number of aromatic nitrogens is 3. The van der Waals surface area contributed by atoms with Crippen LogP contribution in [0.2, 0.25) is 0 Å². The van der Waals surface area contributed by atoms with Crippen molar-refractivity contribution in [3.05, 3.63) is 29.7 Å². The Morgan fingerprint density at radius 1 is 1.46 bits per heavy atom. The second-order valence-corrected chi connectivity index (χ2v) is 6.60. The lowest BCUT2D eigenvalue weighted by Crippen LogP contribution is -2.54. The van der Waals surface area contributed by atoms with Crippen molar-refractivity contribution in [2.45, 2.75) is 32.4 Å². The maximum absolute atomic E-state index is 11.8. The van der Waals surface area contributed by atoms with Crippen molar-refractivity contribution in [1.82, 2.24) is 19.5 Å². The summed E-state index contributed by atoms with van der Waals surface area (Å²) in [7, 11) is 0. The largest absolute Gasteiger partial charge is 0.444 e. The van der Waals surface area contributed by atoms with Crippen LogP contribution >= 0.6 is 0 Å². The van der Waals surface area contributed by atoms with Crippen LogP contribution < -0.4 is 0 Å². The summed E-state index contributed by atoms with van der Waals surface area (Å²) >= 11 is 0. The number of nitriles is 1. The highest BCUT2D eigenvalue weighted by atomic mass is 16.6. The number of nitrogens with zero attached hydrogens (tertiary/aromatic N) is 6. The SMILES string of the molecule is CC(C)(C)OC(=O)N1CC(/N=C/c2ccc3ncc(C#N)n3n2)C1. The minimum absolute atomic E-state index is 0.0354. The second-order valence-electron chi connectivity index (χ2n) is 6.60. The zero-order valence-electron chi connectivity index (χ0n) is 13.8. The van der Waals surface area contributed by atoms with E-state index in [0.29, 0.717) is 30.1 Å². The number of hydrogen-bond acceptors (Lipinski definition) is 6. The van der Waals surface area contributed by atoms with Gasteiger partial charge in [-0.25, -0.2) is 14.3 Å². The van der Waals surface area contributed by atoms with Crippen molar-refractivity contribution < 1.29 is 9.53 Å². The van der Waals surface area contributed by atoms with Crippen molar-refractivity contribution in [2.24, 2.45) is 4.99 Å². The summed E-state index contributed by atoms with van der Waals surface area (Å²) in [5, 5.41) is 13.3. The molecule has 3 rings (SSSR count). The first-order chi connectivity index (χ1) is 11.4. The van der Waals surface area contributed by atoms with Gasteiger partial charge >= 0.3 is 6.09 Å².